The Morgan fingerprint density at radius 1 is 1.47 bits per heavy atom. The summed E-state index contributed by atoms with van der Waals surface area (Å²) < 4.78 is 0. The number of hydrogen-bond acceptors (Lipinski definition) is 5. The van der Waals surface area contributed by atoms with Gasteiger partial charge in [-0.15, -0.1) is 11.3 Å². The predicted molar refractivity (Wildman–Crippen MR) is 75.6 cm³/mol. The number of rotatable bonds is 4. The average Bonchev–Trinajstić information content (AvgIpc) is 3.12. The van der Waals surface area contributed by atoms with Crippen LogP contribution in [0.5, 0.6) is 0 Å². The number of anilines is 1. The van der Waals surface area contributed by atoms with Crippen molar-refractivity contribution < 1.29 is 4.92 Å². The highest BCUT2D eigenvalue weighted by Crippen LogP contribution is 2.34. The second-order valence-corrected chi connectivity index (χ2v) is 5.85. The van der Waals surface area contributed by atoms with Crippen LogP contribution in [0.15, 0.2) is 24.3 Å². The molecule has 6 heteroatoms. The Hall–Kier alpha value is -1.95. The summed E-state index contributed by atoms with van der Waals surface area (Å²) in [6, 6.07) is 7.18. The first kappa shape index (κ1) is 12.1. The van der Waals surface area contributed by atoms with Crippen molar-refractivity contribution in [3.8, 4) is 11.3 Å². The molecule has 1 aromatic heterocycles. The van der Waals surface area contributed by atoms with Gasteiger partial charge < -0.3 is 5.32 Å². The Kier molecular flexibility index (Phi) is 2.94. The second kappa shape index (κ2) is 4.62. The number of aromatic nitrogens is 1. The van der Waals surface area contributed by atoms with Crippen molar-refractivity contribution in [1.29, 1.82) is 0 Å². The summed E-state index contributed by atoms with van der Waals surface area (Å²) in [5.74, 6) is 0. The third-order valence-electron chi connectivity index (χ3n) is 3.03. The minimum absolute atomic E-state index is 0.0987. The van der Waals surface area contributed by atoms with Gasteiger partial charge in [-0.05, 0) is 19.8 Å². The lowest BCUT2D eigenvalue weighted by atomic mass is 10.1. The Balaban J connectivity index is 1.94. The van der Waals surface area contributed by atoms with Gasteiger partial charge in [-0.25, -0.2) is 4.98 Å². The molecule has 1 N–H and O–H groups in total. The summed E-state index contributed by atoms with van der Waals surface area (Å²) in [5, 5.41) is 15.1. The predicted octanol–water partition coefficient (Wildman–Crippen LogP) is 3.60. The maximum atomic E-state index is 10.8. The van der Waals surface area contributed by atoms with Crippen LogP contribution in [-0.4, -0.2) is 15.9 Å². The molecule has 1 aliphatic carbocycles. The van der Waals surface area contributed by atoms with Crippen molar-refractivity contribution >= 4 is 22.2 Å². The average molecular weight is 275 g/mol. The molecule has 0 bridgehead atoms. The van der Waals surface area contributed by atoms with Crippen LogP contribution < -0.4 is 5.32 Å². The summed E-state index contributed by atoms with van der Waals surface area (Å²) in [6.45, 7) is 1.99. The van der Waals surface area contributed by atoms with Gasteiger partial charge in [0, 0.05) is 28.6 Å². The Bertz CT molecular complexity index is 635. The van der Waals surface area contributed by atoms with Crippen LogP contribution in [-0.2, 0) is 0 Å². The van der Waals surface area contributed by atoms with Gasteiger partial charge in [-0.3, -0.25) is 10.1 Å². The van der Waals surface area contributed by atoms with Crippen molar-refractivity contribution in [3.63, 3.8) is 0 Å². The number of nitrogens with one attached hydrogen (secondary N) is 1. The van der Waals surface area contributed by atoms with E-state index in [1.807, 2.05) is 13.0 Å². The van der Waals surface area contributed by atoms with E-state index in [1.165, 1.54) is 18.9 Å². The topological polar surface area (TPSA) is 68.1 Å². The first-order valence-electron chi connectivity index (χ1n) is 6.12. The molecule has 1 heterocycles. The van der Waals surface area contributed by atoms with Crippen LogP contribution in [0.25, 0.3) is 11.3 Å². The maximum Gasteiger partial charge on any atom is 0.270 e. The molecule has 0 spiro atoms. The molecule has 0 unspecified atom stereocenters. The van der Waals surface area contributed by atoms with Gasteiger partial charge >= 0.3 is 0 Å². The number of aryl methyl sites for hydroxylation is 1. The summed E-state index contributed by atoms with van der Waals surface area (Å²) in [4.78, 5) is 16.0. The van der Waals surface area contributed by atoms with Crippen molar-refractivity contribution in [1.82, 2.24) is 4.98 Å². The fraction of sp³-hybridized carbons (Fsp3) is 0.308. The summed E-state index contributed by atoms with van der Waals surface area (Å²) in [5.41, 5.74) is 1.73. The molecular weight excluding hydrogens is 262 g/mol. The van der Waals surface area contributed by atoms with Crippen molar-refractivity contribution in [3.05, 3.63) is 39.3 Å². The standard InChI is InChI=1S/C13H13N3O2S/c1-8-12(15-13(19-8)14-10-5-6-10)9-3-2-4-11(7-9)16(17)18/h2-4,7,10H,5-6H2,1H3,(H,14,15). The van der Waals surface area contributed by atoms with E-state index >= 15 is 0 Å². The van der Waals surface area contributed by atoms with Crippen LogP contribution in [0.4, 0.5) is 10.8 Å². The lowest BCUT2D eigenvalue weighted by Crippen LogP contribution is -1.99. The van der Waals surface area contributed by atoms with E-state index in [9.17, 15) is 10.1 Å². The second-order valence-electron chi connectivity index (χ2n) is 4.65. The van der Waals surface area contributed by atoms with Crippen LogP contribution in [0.3, 0.4) is 0 Å². The van der Waals surface area contributed by atoms with Crippen molar-refractivity contribution in [2.45, 2.75) is 25.8 Å². The largest absolute Gasteiger partial charge is 0.359 e. The lowest BCUT2D eigenvalue weighted by molar-refractivity contribution is -0.384. The van der Waals surface area contributed by atoms with Crippen LogP contribution in [0.1, 0.15) is 17.7 Å². The molecule has 1 fully saturated rings. The number of thiazole rings is 1. The van der Waals surface area contributed by atoms with E-state index in [0.29, 0.717) is 6.04 Å². The molecule has 98 valence electrons. The smallest absolute Gasteiger partial charge is 0.270 e. The van der Waals surface area contributed by atoms with Crippen molar-refractivity contribution in [2.75, 3.05) is 5.32 Å². The van der Waals surface area contributed by atoms with E-state index in [0.717, 1.165) is 21.3 Å². The van der Waals surface area contributed by atoms with Gasteiger partial charge in [0.25, 0.3) is 5.69 Å². The van der Waals surface area contributed by atoms with Gasteiger partial charge in [0.2, 0.25) is 0 Å². The minimum atomic E-state index is -0.380. The highest BCUT2D eigenvalue weighted by atomic mass is 32.1. The van der Waals surface area contributed by atoms with Crippen LogP contribution in [0, 0.1) is 17.0 Å². The zero-order valence-corrected chi connectivity index (χ0v) is 11.2. The monoisotopic (exact) mass is 275 g/mol. The molecule has 0 saturated heterocycles. The van der Waals surface area contributed by atoms with E-state index in [4.69, 9.17) is 0 Å². The fourth-order valence-electron chi connectivity index (χ4n) is 1.90. The number of hydrogen-bond donors (Lipinski definition) is 1. The molecule has 3 rings (SSSR count). The van der Waals surface area contributed by atoms with Gasteiger partial charge in [0.05, 0.1) is 10.6 Å². The summed E-state index contributed by atoms with van der Waals surface area (Å²) >= 11 is 1.60. The van der Waals surface area contributed by atoms with Crippen LogP contribution in [0.2, 0.25) is 0 Å². The maximum absolute atomic E-state index is 10.8. The van der Waals surface area contributed by atoms with Crippen molar-refractivity contribution in [2.24, 2.45) is 0 Å². The van der Waals surface area contributed by atoms with Crippen LogP contribution >= 0.6 is 11.3 Å². The van der Waals surface area contributed by atoms with Gasteiger partial charge in [0.15, 0.2) is 5.13 Å². The minimum Gasteiger partial charge on any atom is -0.359 e. The Morgan fingerprint density at radius 3 is 2.95 bits per heavy atom. The summed E-state index contributed by atoms with van der Waals surface area (Å²) in [7, 11) is 0. The van der Waals surface area contributed by atoms with Gasteiger partial charge in [0.1, 0.15) is 0 Å². The normalized spacial score (nSPS) is 14.4. The molecule has 1 aromatic carbocycles. The first-order chi connectivity index (χ1) is 9.13. The zero-order valence-electron chi connectivity index (χ0n) is 10.4. The Morgan fingerprint density at radius 2 is 2.26 bits per heavy atom. The highest BCUT2D eigenvalue weighted by Gasteiger charge is 2.23. The Labute approximate surface area is 114 Å². The molecule has 0 radical (unpaired) electrons. The van der Waals surface area contributed by atoms with Gasteiger partial charge in [-0.2, -0.15) is 0 Å². The molecule has 0 atom stereocenters. The van der Waals surface area contributed by atoms with E-state index in [1.54, 1.807) is 23.5 Å². The molecule has 0 aliphatic heterocycles. The number of nitrogens with zero attached hydrogens (tertiary/aromatic N) is 2. The SMILES string of the molecule is Cc1sc(NC2CC2)nc1-c1cccc([N+](=O)[O-])c1. The summed E-state index contributed by atoms with van der Waals surface area (Å²) in [6.07, 6.45) is 2.40. The molecule has 1 saturated carbocycles. The molecular formula is C13H13N3O2S. The number of non-ortho nitro benzene ring substituents is 1. The molecule has 5 nitrogen and oxygen atoms in total. The quantitative estimate of drug-likeness (QED) is 0.683. The third kappa shape index (κ3) is 2.58. The third-order valence-corrected chi connectivity index (χ3v) is 3.93. The number of nitro groups is 1. The number of benzene rings is 1. The van der Waals surface area contributed by atoms with Gasteiger partial charge in [-0.1, -0.05) is 12.1 Å². The number of nitro benzene ring substituents is 1. The van der Waals surface area contributed by atoms with E-state index in [2.05, 4.69) is 10.3 Å². The lowest BCUT2D eigenvalue weighted by Gasteiger charge is -1.99. The molecule has 19 heavy (non-hydrogen) atoms. The molecule has 1 aliphatic rings. The highest BCUT2D eigenvalue weighted by molar-refractivity contribution is 7.16. The van der Waals surface area contributed by atoms with E-state index < -0.39 is 0 Å². The fourth-order valence-corrected chi connectivity index (χ4v) is 2.81. The molecule has 2 aromatic rings. The van der Waals surface area contributed by atoms with E-state index in [-0.39, 0.29) is 10.6 Å². The first-order valence-corrected chi connectivity index (χ1v) is 6.94. The molecule has 0 amide bonds. The zero-order chi connectivity index (χ0) is 13.4.